The highest BCUT2D eigenvalue weighted by Crippen LogP contribution is 2.19. The van der Waals surface area contributed by atoms with E-state index in [2.05, 4.69) is 20.9 Å². The fourth-order valence-electron chi connectivity index (χ4n) is 3.83. The van der Waals surface area contributed by atoms with Gasteiger partial charge in [-0.15, -0.1) is 0 Å². The first-order valence-electron chi connectivity index (χ1n) is 12.3. The third-order valence-electron chi connectivity index (χ3n) is 6.03. The zero-order valence-electron chi connectivity index (χ0n) is 21.7. The largest absolute Gasteiger partial charge is 0.481 e. The first-order valence-corrected chi connectivity index (χ1v) is 13.7. The van der Waals surface area contributed by atoms with E-state index in [-0.39, 0.29) is 12.8 Å². The van der Waals surface area contributed by atoms with E-state index in [0.717, 1.165) is 10.9 Å². The van der Waals surface area contributed by atoms with Crippen LogP contribution in [0.15, 0.2) is 30.5 Å². The van der Waals surface area contributed by atoms with Crippen LogP contribution in [0.5, 0.6) is 0 Å². The number of hydrogen-bond donors (Lipinski definition) is 8. The van der Waals surface area contributed by atoms with Gasteiger partial charge in [-0.25, -0.2) is 4.79 Å². The fraction of sp³-hybridized carbons (Fsp3) is 0.480. The molecule has 0 radical (unpaired) electrons. The Balaban J connectivity index is 2.17. The molecule has 13 nitrogen and oxygen atoms in total. The number of aromatic amines is 1. The Morgan fingerprint density at radius 3 is 2.26 bits per heavy atom. The van der Waals surface area contributed by atoms with Gasteiger partial charge in [0, 0.05) is 29.9 Å². The first kappa shape index (κ1) is 31.6. The Kier molecular flexibility index (Phi) is 12.2. The van der Waals surface area contributed by atoms with E-state index < -0.39 is 66.4 Å². The first-order chi connectivity index (χ1) is 18.4. The summed E-state index contributed by atoms with van der Waals surface area (Å²) in [6, 6.07) is 1.96. The Morgan fingerprint density at radius 1 is 0.974 bits per heavy atom. The summed E-state index contributed by atoms with van der Waals surface area (Å²) < 4.78 is 0. The number of aliphatic carboxylic acids is 2. The van der Waals surface area contributed by atoms with Gasteiger partial charge in [-0.2, -0.15) is 11.8 Å². The summed E-state index contributed by atoms with van der Waals surface area (Å²) in [4.78, 5) is 64.6. The van der Waals surface area contributed by atoms with Gasteiger partial charge < -0.3 is 42.0 Å². The van der Waals surface area contributed by atoms with Gasteiger partial charge in [-0.1, -0.05) is 18.2 Å². The fourth-order valence-corrected chi connectivity index (χ4v) is 4.32. The summed E-state index contributed by atoms with van der Waals surface area (Å²) in [6.45, 7) is 1.26. The monoisotopic (exact) mass is 565 g/mol. The third-order valence-corrected chi connectivity index (χ3v) is 6.67. The van der Waals surface area contributed by atoms with Crippen molar-refractivity contribution in [3.63, 3.8) is 0 Å². The number of carboxylic acid groups (broad SMARTS) is 2. The minimum Gasteiger partial charge on any atom is -0.481 e. The molecule has 0 aliphatic heterocycles. The smallest absolute Gasteiger partial charge is 0.326 e. The Bertz CT molecular complexity index is 1170. The number of benzene rings is 1. The predicted octanol–water partition coefficient (Wildman–Crippen LogP) is -0.425. The Hall–Kier alpha value is -3.62. The molecule has 1 aromatic heterocycles. The average molecular weight is 566 g/mol. The second kappa shape index (κ2) is 15.1. The molecular formula is C25H35N5O8S. The van der Waals surface area contributed by atoms with Gasteiger partial charge in [0.15, 0.2) is 0 Å². The van der Waals surface area contributed by atoms with Crippen LogP contribution < -0.4 is 21.7 Å². The number of amides is 3. The number of rotatable bonds is 16. The van der Waals surface area contributed by atoms with E-state index in [1.807, 2.05) is 18.4 Å². The van der Waals surface area contributed by atoms with Gasteiger partial charge in [-0.3, -0.25) is 19.2 Å². The van der Waals surface area contributed by atoms with E-state index in [1.54, 1.807) is 18.3 Å². The van der Waals surface area contributed by atoms with Crippen molar-refractivity contribution in [1.29, 1.82) is 0 Å². The molecule has 0 saturated heterocycles. The van der Waals surface area contributed by atoms with Crippen LogP contribution in [0.4, 0.5) is 0 Å². The van der Waals surface area contributed by atoms with Crippen molar-refractivity contribution < 1.29 is 39.3 Å². The van der Waals surface area contributed by atoms with Crippen molar-refractivity contribution in [2.75, 3.05) is 12.0 Å². The van der Waals surface area contributed by atoms with Crippen molar-refractivity contribution in [3.8, 4) is 0 Å². The van der Waals surface area contributed by atoms with Gasteiger partial charge >= 0.3 is 11.9 Å². The topological polar surface area (TPSA) is 224 Å². The summed E-state index contributed by atoms with van der Waals surface area (Å²) in [6.07, 6.45) is 1.48. The average Bonchev–Trinajstić information content (AvgIpc) is 3.29. The molecule has 0 spiro atoms. The zero-order valence-corrected chi connectivity index (χ0v) is 22.5. The van der Waals surface area contributed by atoms with Crippen LogP contribution in [0.2, 0.25) is 0 Å². The molecule has 1 aromatic carbocycles. The van der Waals surface area contributed by atoms with Crippen LogP contribution in [-0.2, 0) is 30.4 Å². The number of thioether (sulfide) groups is 1. The van der Waals surface area contributed by atoms with E-state index in [1.165, 1.54) is 18.7 Å². The molecule has 39 heavy (non-hydrogen) atoms. The normalized spacial score (nSPS) is 15.0. The molecule has 9 N–H and O–H groups in total. The standard InChI is InChI=1S/C25H35N5O8S/c1-13(31)21(30-22(34)16(26)9-10-39-2)24(36)28-18(7-8-20(32)33)23(35)29-19(25(37)38)11-14-12-27-17-6-4-3-5-15(14)17/h3-6,12-13,16,18-19,21,27,31H,7-11,26H2,1-2H3,(H,28,36)(H,29,35)(H,30,34)(H,32,33)(H,37,38). The molecular weight excluding hydrogens is 530 g/mol. The summed E-state index contributed by atoms with van der Waals surface area (Å²) in [7, 11) is 0. The highest BCUT2D eigenvalue weighted by molar-refractivity contribution is 7.98. The highest BCUT2D eigenvalue weighted by atomic mass is 32.2. The number of aliphatic hydroxyl groups excluding tert-OH is 1. The number of para-hydroxylation sites is 1. The predicted molar refractivity (Wildman–Crippen MR) is 145 cm³/mol. The number of nitrogens with two attached hydrogens (primary N) is 1. The van der Waals surface area contributed by atoms with E-state index in [4.69, 9.17) is 10.8 Å². The minimum atomic E-state index is -1.49. The maximum atomic E-state index is 13.1. The lowest BCUT2D eigenvalue weighted by atomic mass is 10.0. The Morgan fingerprint density at radius 2 is 1.64 bits per heavy atom. The number of carbonyl (C=O) groups excluding carboxylic acids is 3. The van der Waals surface area contributed by atoms with Crippen LogP contribution in [0, 0.1) is 0 Å². The van der Waals surface area contributed by atoms with Gasteiger partial charge in [0.1, 0.15) is 18.1 Å². The maximum Gasteiger partial charge on any atom is 0.326 e. The molecule has 5 unspecified atom stereocenters. The number of H-pyrrole nitrogens is 1. The van der Waals surface area contributed by atoms with Gasteiger partial charge in [-0.05, 0) is 43.4 Å². The van der Waals surface area contributed by atoms with Gasteiger partial charge in [0.2, 0.25) is 17.7 Å². The van der Waals surface area contributed by atoms with E-state index in [9.17, 15) is 34.2 Å². The highest BCUT2D eigenvalue weighted by Gasteiger charge is 2.33. The molecule has 0 aliphatic carbocycles. The number of fused-ring (bicyclic) bond motifs is 1. The van der Waals surface area contributed by atoms with Crippen LogP contribution in [0.1, 0.15) is 31.7 Å². The van der Waals surface area contributed by atoms with Crippen molar-refractivity contribution in [2.45, 2.75) is 62.9 Å². The van der Waals surface area contributed by atoms with Gasteiger partial charge in [0.25, 0.3) is 0 Å². The zero-order chi connectivity index (χ0) is 29.1. The van der Waals surface area contributed by atoms with Crippen LogP contribution in [0.3, 0.4) is 0 Å². The number of hydrogen-bond acceptors (Lipinski definition) is 8. The second-order valence-corrected chi connectivity index (χ2v) is 10.1. The number of aromatic nitrogens is 1. The van der Waals surface area contributed by atoms with Crippen LogP contribution in [-0.4, -0.2) is 92.2 Å². The minimum absolute atomic E-state index is 0.0784. The Labute approximate surface area is 229 Å². The van der Waals surface area contributed by atoms with Crippen molar-refractivity contribution in [1.82, 2.24) is 20.9 Å². The molecule has 214 valence electrons. The van der Waals surface area contributed by atoms with Crippen molar-refractivity contribution in [2.24, 2.45) is 5.73 Å². The quantitative estimate of drug-likeness (QED) is 0.131. The molecule has 1 heterocycles. The lowest BCUT2D eigenvalue weighted by Crippen LogP contribution is -2.60. The summed E-state index contributed by atoms with van der Waals surface area (Å²) in [5.41, 5.74) is 7.25. The molecule has 14 heteroatoms. The van der Waals surface area contributed by atoms with Crippen molar-refractivity contribution >= 4 is 52.3 Å². The lowest BCUT2D eigenvalue weighted by molar-refractivity contribution is -0.143. The van der Waals surface area contributed by atoms with Gasteiger partial charge in [0.05, 0.1) is 12.1 Å². The summed E-state index contributed by atoms with van der Waals surface area (Å²) >= 11 is 1.48. The number of nitrogens with one attached hydrogen (secondary N) is 4. The summed E-state index contributed by atoms with van der Waals surface area (Å²) in [5.74, 6) is -4.53. The molecule has 2 aromatic rings. The second-order valence-electron chi connectivity index (χ2n) is 9.07. The van der Waals surface area contributed by atoms with E-state index >= 15 is 0 Å². The molecule has 3 amide bonds. The molecule has 5 atom stereocenters. The third kappa shape index (κ3) is 9.57. The SMILES string of the molecule is CSCCC(N)C(=O)NC(C(=O)NC(CCC(=O)O)C(=O)NC(Cc1c[nH]c2ccccc12)C(=O)O)C(C)O. The summed E-state index contributed by atoms with van der Waals surface area (Å²) in [5, 5.41) is 36.8. The number of carboxylic acids is 2. The molecule has 0 saturated carbocycles. The molecule has 2 rings (SSSR count). The number of carbonyl (C=O) groups is 5. The molecule has 0 fully saturated rings. The van der Waals surface area contributed by atoms with E-state index in [0.29, 0.717) is 17.7 Å². The van der Waals surface area contributed by atoms with Crippen molar-refractivity contribution in [3.05, 3.63) is 36.0 Å². The molecule has 0 bridgehead atoms. The van der Waals surface area contributed by atoms with Crippen LogP contribution in [0.25, 0.3) is 10.9 Å². The van der Waals surface area contributed by atoms with Crippen LogP contribution >= 0.6 is 11.8 Å². The molecule has 0 aliphatic rings. The lowest BCUT2D eigenvalue weighted by Gasteiger charge is -2.26. The number of aliphatic hydroxyl groups is 1. The maximum absolute atomic E-state index is 13.1.